The van der Waals surface area contributed by atoms with Gasteiger partial charge in [-0.05, 0) is 54.3 Å². The van der Waals surface area contributed by atoms with E-state index < -0.39 is 0 Å². The van der Waals surface area contributed by atoms with E-state index in [9.17, 15) is 0 Å². The van der Waals surface area contributed by atoms with E-state index in [-0.39, 0.29) is 0 Å². The molecule has 1 aromatic heterocycles. The second-order valence-electron chi connectivity index (χ2n) is 7.95. The van der Waals surface area contributed by atoms with Gasteiger partial charge in [-0.1, -0.05) is 73.7 Å². The van der Waals surface area contributed by atoms with Crippen molar-refractivity contribution in [3.63, 3.8) is 0 Å². The van der Waals surface area contributed by atoms with E-state index in [0.717, 1.165) is 13.0 Å². The van der Waals surface area contributed by atoms with Crippen molar-refractivity contribution in [2.75, 3.05) is 11.9 Å². The number of para-hydroxylation sites is 3. The monoisotopic (exact) mass is 390 g/mol. The van der Waals surface area contributed by atoms with E-state index in [1.54, 1.807) is 0 Å². The fraction of sp³-hybridized carbons (Fsp3) is 0.143. The summed E-state index contributed by atoms with van der Waals surface area (Å²) < 4.78 is 2.39. The Morgan fingerprint density at radius 3 is 2.17 bits per heavy atom. The number of nitrogens with zero attached hydrogens (tertiary/aromatic N) is 1. The van der Waals surface area contributed by atoms with Gasteiger partial charge in [0.2, 0.25) is 0 Å². The van der Waals surface area contributed by atoms with Crippen LogP contribution in [-0.4, -0.2) is 11.1 Å². The molecule has 1 atom stereocenters. The molecule has 0 aliphatic carbocycles. The van der Waals surface area contributed by atoms with Crippen LogP contribution in [0.25, 0.3) is 27.5 Å². The molecule has 0 aliphatic heterocycles. The predicted octanol–water partition coefficient (Wildman–Crippen LogP) is 7.39. The van der Waals surface area contributed by atoms with E-state index in [4.69, 9.17) is 0 Å². The maximum absolute atomic E-state index is 3.54. The van der Waals surface area contributed by atoms with Crippen LogP contribution in [0, 0.1) is 0 Å². The number of rotatable bonds is 6. The topological polar surface area (TPSA) is 17.0 Å². The third kappa shape index (κ3) is 3.46. The van der Waals surface area contributed by atoms with Crippen LogP contribution in [0.2, 0.25) is 0 Å². The van der Waals surface area contributed by atoms with Crippen molar-refractivity contribution in [3.05, 3.63) is 109 Å². The van der Waals surface area contributed by atoms with Crippen LogP contribution in [0.4, 0.5) is 5.69 Å². The first-order chi connectivity index (χ1) is 14.8. The second-order valence-corrected chi connectivity index (χ2v) is 7.95. The molecule has 1 unspecified atom stereocenters. The van der Waals surface area contributed by atoms with Gasteiger partial charge in [0, 0.05) is 28.7 Å². The van der Waals surface area contributed by atoms with Gasteiger partial charge in [-0.2, -0.15) is 0 Å². The van der Waals surface area contributed by atoms with Crippen molar-refractivity contribution in [2.45, 2.75) is 19.3 Å². The van der Waals surface area contributed by atoms with Crippen LogP contribution in [0.1, 0.15) is 24.8 Å². The van der Waals surface area contributed by atoms with E-state index in [1.165, 1.54) is 38.7 Å². The second kappa shape index (κ2) is 8.08. The summed E-state index contributed by atoms with van der Waals surface area (Å²) in [5.74, 6) is 0.479. The molecule has 5 rings (SSSR count). The Balaban J connectivity index is 1.49. The van der Waals surface area contributed by atoms with Gasteiger partial charge < -0.3 is 9.88 Å². The normalized spacial score (nSPS) is 12.3. The summed E-state index contributed by atoms with van der Waals surface area (Å²) in [7, 11) is 0. The Hall–Kier alpha value is -3.52. The first-order valence-electron chi connectivity index (χ1n) is 10.7. The van der Waals surface area contributed by atoms with Crippen LogP contribution in [-0.2, 0) is 0 Å². The number of fused-ring (bicyclic) bond motifs is 3. The average molecular weight is 391 g/mol. The van der Waals surface area contributed by atoms with Gasteiger partial charge in [-0.3, -0.25) is 0 Å². The van der Waals surface area contributed by atoms with Crippen LogP contribution >= 0.6 is 0 Å². The lowest BCUT2D eigenvalue weighted by Crippen LogP contribution is -2.06. The minimum Gasteiger partial charge on any atom is -0.385 e. The Labute approximate surface area is 177 Å². The molecular weight excluding hydrogens is 364 g/mol. The van der Waals surface area contributed by atoms with Gasteiger partial charge in [0.15, 0.2) is 0 Å². The van der Waals surface area contributed by atoms with Crippen molar-refractivity contribution in [2.24, 2.45) is 0 Å². The van der Waals surface area contributed by atoms with Gasteiger partial charge in [-0.15, -0.1) is 0 Å². The maximum atomic E-state index is 3.54. The molecule has 0 spiro atoms. The third-order valence-electron chi connectivity index (χ3n) is 5.96. The lowest BCUT2D eigenvalue weighted by molar-refractivity contribution is 0.706. The molecule has 1 N–H and O–H groups in total. The van der Waals surface area contributed by atoms with Crippen LogP contribution in [0.5, 0.6) is 0 Å². The smallest absolute Gasteiger partial charge is 0.0543 e. The quantitative estimate of drug-likeness (QED) is 0.320. The van der Waals surface area contributed by atoms with Crippen LogP contribution in [0.3, 0.4) is 0 Å². The molecule has 2 nitrogen and oxygen atoms in total. The Morgan fingerprint density at radius 2 is 1.37 bits per heavy atom. The van der Waals surface area contributed by atoms with Crippen molar-refractivity contribution in [3.8, 4) is 5.69 Å². The summed E-state index contributed by atoms with van der Waals surface area (Å²) in [6, 6.07) is 36.8. The highest BCUT2D eigenvalue weighted by atomic mass is 15.0. The fourth-order valence-corrected chi connectivity index (χ4v) is 4.31. The summed E-state index contributed by atoms with van der Waals surface area (Å²) in [6.07, 6.45) is 1.09. The molecule has 4 aromatic carbocycles. The zero-order valence-corrected chi connectivity index (χ0v) is 17.3. The lowest BCUT2D eigenvalue weighted by atomic mass is 9.96. The fourth-order valence-electron chi connectivity index (χ4n) is 4.31. The van der Waals surface area contributed by atoms with Gasteiger partial charge in [0.25, 0.3) is 0 Å². The molecule has 2 heteroatoms. The number of hydrogen-bond donors (Lipinski definition) is 1. The summed E-state index contributed by atoms with van der Waals surface area (Å²) in [5.41, 5.74) is 6.32. The maximum Gasteiger partial charge on any atom is 0.0543 e. The molecule has 5 aromatic rings. The van der Waals surface area contributed by atoms with E-state index >= 15 is 0 Å². The Kier molecular flexibility index (Phi) is 4.98. The molecule has 0 bridgehead atoms. The molecule has 0 amide bonds. The molecule has 0 fully saturated rings. The van der Waals surface area contributed by atoms with Gasteiger partial charge in [-0.25, -0.2) is 0 Å². The third-order valence-corrected chi connectivity index (χ3v) is 5.96. The predicted molar refractivity (Wildman–Crippen MR) is 129 cm³/mol. The molecular formula is C28H26N2. The van der Waals surface area contributed by atoms with Crippen molar-refractivity contribution >= 4 is 27.5 Å². The van der Waals surface area contributed by atoms with Gasteiger partial charge in [0.1, 0.15) is 0 Å². The molecule has 30 heavy (non-hydrogen) atoms. The van der Waals surface area contributed by atoms with Crippen LogP contribution < -0.4 is 5.32 Å². The standard InChI is InChI=1S/C28H26N2/c1-21(18-19-29-23-10-4-2-5-11-23)22-16-17-26-25-14-8-9-15-27(25)30(28(26)20-22)24-12-6-3-7-13-24/h2-17,20-21,29H,18-19H2,1H3. The van der Waals surface area contributed by atoms with Gasteiger partial charge in [0.05, 0.1) is 11.0 Å². The Bertz CT molecular complexity index is 1270. The number of anilines is 1. The summed E-state index contributed by atoms with van der Waals surface area (Å²) in [4.78, 5) is 0. The van der Waals surface area contributed by atoms with E-state index in [1.807, 2.05) is 0 Å². The number of hydrogen-bond acceptors (Lipinski definition) is 1. The number of nitrogens with one attached hydrogen (secondary N) is 1. The SMILES string of the molecule is CC(CCNc1ccccc1)c1ccc2c3ccccc3n(-c3ccccc3)c2c1. The summed E-state index contributed by atoms with van der Waals surface area (Å²) in [6.45, 7) is 3.29. The van der Waals surface area contributed by atoms with Gasteiger partial charge >= 0.3 is 0 Å². The number of aromatic nitrogens is 1. The van der Waals surface area contributed by atoms with E-state index in [0.29, 0.717) is 5.92 Å². The highest BCUT2D eigenvalue weighted by Crippen LogP contribution is 2.34. The van der Waals surface area contributed by atoms with Crippen LogP contribution in [0.15, 0.2) is 103 Å². The summed E-state index contributed by atoms with van der Waals surface area (Å²) >= 11 is 0. The van der Waals surface area contributed by atoms with Crippen molar-refractivity contribution in [1.29, 1.82) is 0 Å². The highest BCUT2D eigenvalue weighted by molar-refractivity contribution is 6.09. The largest absolute Gasteiger partial charge is 0.385 e. The van der Waals surface area contributed by atoms with Crippen molar-refractivity contribution < 1.29 is 0 Å². The highest BCUT2D eigenvalue weighted by Gasteiger charge is 2.14. The lowest BCUT2D eigenvalue weighted by Gasteiger charge is -2.14. The molecule has 0 radical (unpaired) electrons. The zero-order valence-electron chi connectivity index (χ0n) is 17.3. The molecule has 0 aliphatic rings. The molecule has 0 saturated heterocycles. The average Bonchev–Trinajstić information content (AvgIpc) is 3.14. The van der Waals surface area contributed by atoms with E-state index in [2.05, 4.69) is 120 Å². The summed E-state index contributed by atoms with van der Waals surface area (Å²) in [5, 5.41) is 6.16. The molecule has 1 heterocycles. The Morgan fingerprint density at radius 1 is 0.700 bits per heavy atom. The molecule has 148 valence electrons. The van der Waals surface area contributed by atoms with Crippen molar-refractivity contribution in [1.82, 2.24) is 4.57 Å². The first kappa shape index (κ1) is 18.5. The minimum atomic E-state index is 0.479. The minimum absolute atomic E-state index is 0.479. The first-order valence-corrected chi connectivity index (χ1v) is 10.7. The zero-order chi connectivity index (χ0) is 20.3. The number of benzene rings is 4. The molecule has 0 saturated carbocycles.